The molecular weight excluding hydrogens is 572 g/mol. The van der Waals surface area contributed by atoms with E-state index in [-0.39, 0.29) is 40.3 Å². The second-order valence-electron chi connectivity index (χ2n) is 11.2. The molecule has 6 rings (SSSR count). The molecule has 0 saturated carbocycles. The Hall–Kier alpha value is -2.97. The molecule has 0 aromatic heterocycles. The molecule has 3 aliphatic heterocycles. The normalized spacial score (nSPS) is 23.9. The summed E-state index contributed by atoms with van der Waals surface area (Å²) in [5.74, 6) is 1.22. The van der Waals surface area contributed by atoms with Gasteiger partial charge >= 0.3 is 0 Å². The van der Waals surface area contributed by atoms with Gasteiger partial charge in [0.05, 0.1) is 23.7 Å². The zero-order valence-corrected chi connectivity index (χ0v) is 24.7. The lowest BCUT2D eigenvalue weighted by molar-refractivity contribution is -0.524. The van der Waals surface area contributed by atoms with Crippen LogP contribution in [0.4, 0.5) is 0 Å². The van der Waals surface area contributed by atoms with E-state index in [2.05, 4.69) is 22.9 Å². The molecule has 1 aliphatic carbocycles. The van der Waals surface area contributed by atoms with Crippen molar-refractivity contribution in [2.75, 3.05) is 26.7 Å². The molecular formula is C32H37BrN2O5. The van der Waals surface area contributed by atoms with Crippen molar-refractivity contribution in [1.82, 2.24) is 4.90 Å². The number of carbonyl (C=O) groups excluding carboxylic acids is 2. The van der Waals surface area contributed by atoms with Gasteiger partial charge in [-0.1, -0.05) is 37.5 Å². The first-order chi connectivity index (χ1) is 19.0. The highest BCUT2D eigenvalue weighted by Crippen LogP contribution is 2.54. The van der Waals surface area contributed by atoms with Crippen LogP contribution >= 0.6 is 17.0 Å². The first kappa shape index (κ1) is 28.6. The van der Waals surface area contributed by atoms with Gasteiger partial charge in [-0.3, -0.25) is 14.5 Å². The van der Waals surface area contributed by atoms with Crippen LogP contribution in [-0.4, -0.2) is 66.5 Å². The van der Waals surface area contributed by atoms with E-state index >= 15 is 0 Å². The van der Waals surface area contributed by atoms with Crippen LogP contribution in [0.25, 0.3) is 0 Å². The fraction of sp³-hybridized carbons (Fsp3) is 0.469. The average molecular weight is 610 g/mol. The maximum Gasteiger partial charge on any atom is 0.261 e. The van der Waals surface area contributed by atoms with E-state index in [1.54, 1.807) is 31.4 Å². The number of hydrogen-bond acceptors (Lipinski definition) is 5. The van der Waals surface area contributed by atoms with Gasteiger partial charge in [0.2, 0.25) is 0 Å². The first-order valence-corrected chi connectivity index (χ1v) is 14.3. The Morgan fingerprint density at radius 1 is 1.02 bits per heavy atom. The molecule has 7 nitrogen and oxygen atoms in total. The third-order valence-corrected chi connectivity index (χ3v) is 8.82. The highest BCUT2D eigenvalue weighted by atomic mass is 79.9. The Balaban J connectivity index is 0.00000323. The molecule has 212 valence electrons. The molecule has 2 amide bonds. The lowest BCUT2D eigenvalue weighted by Crippen LogP contribution is -2.46. The lowest BCUT2D eigenvalue weighted by Gasteiger charge is -2.38. The summed E-state index contributed by atoms with van der Waals surface area (Å²) in [7, 11) is 1.67. The Kier molecular flexibility index (Phi) is 8.47. The predicted molar refractivity (Wildman–Crippen MR) is 156 cm³/mol. The Bertz CT molecular complexity index is 1320. The molecule has 2 aromatic rings. The first-order valence-electron chi connectivity index (χ1n) is 14.3. The molecule has 0 bridgehead atoms. The van der Waals surface area contributed by atoms with Crippen LogP contribution < -0.4 is 14.6 Å². The van der Waals surface area contributed by atoms with E-state index in [1.807, 2.05) is 12.1 Å². The van der Waals surface area contributed by atoms with Gasteiger partial charge in [0.15, 0.2) is 17.7 Å². The van der Waals surface area contributed by atoms with E-state index in [0.717, 1.165) is 75.1 Å². The molecule has 3 heterocycles. The monoisotopic (exact) mass is 608 g/mol. The molecule has 0 N–H and O–H groups in total. The molecule has 40 heavy (non-hydrogen) atoms. The summed E-state index contributed by atoms with van der Waals surface area (Å²) >= 11 is 0. The third kappa shape index (κ3) is 5.00. The molecule has 0 radical (unpaired) electrons. The average Bonchev–Trinajstić information content (AvgIpc) is 3.33. The second kappa shape index (κ2) is 11.9. The van der Waals surface area contributed by atoms with E-state index in [1.165, 1.54) is 10.5 Å². The lowest BCUT2D eigenvalue weighted by atomic mass is 9.69. The zero-order chi connectivity index (χ0) is 27.0. The molecule has 0 fully saturated rings. The summed E-state index contributed by atoms with van der Waals surface area (Å²) in [5.41, 5.74) is 3.13. The number of benzene rings is 2. The maximum absolute atomic E-state index is 12.5. The molecule has 1 spiro atoms. The van der Waals surface area contributed by atoms with Crippen LogP contribution in [-0.2, 0) is 5.41 Å². The van der Waals surface area contributed by atoms with Crippen LogP contribution in [0.15, 0.2) is 48.6 Å². The van der Waals surface area contributed by atoms with Crippen molar-refractivity contribution in [3.05, 3.63) is 70.8 Å². The summed E-state index contributed by atoms with van der Waals surface area (Å²) < 4.78 is 14.4. The van der Waals surface area contributed by atoms with E-state index in [9.17, 15) is 14.7 Å². The highest BCUT2D eigenvalue weighted by Gasteiger charge is 2.52. The van der Waals surface area contributed by atoms with Gasteiger partial charge in [0.1, 0.15) is 19.2 Å². The van der Waals surface area contributed by atoms with Crippen LogP contribution in [0.2, 0.25) is 0 Å². The van der Waals surface area contributed by atoms with Crippen molar-refractivity contribution in [2.45, 2.75) is 69.0 Å². The van der Waals surface area contributed by atoms with Gasteiger partial charge in [-0.2, -0.15) is 0 Å². The molecule has 2 aromatic carbocycles. The number of unbranched alkanes of at least 4 members (excludes halogenated alkanes) is 5. The summed E-state index contributed by atoms with van der Waals surface area (Å²) in [6.45, 7) is 2.41. The number of nitrogens with zero attached hydrogens (tertiary/aromatic N) is 2. The minimum absolute atomic E-state index is 0. The quantitative estimate of drug-likeness (QED) is 0.172. The number of fused-ring (bicyclic) bond motifs is 1. The number of ether oxygens (including phenoxy) is 2. The Morgan fingerprint density at radius 3 is 2.45 bits per heavy atom. The number of rotatable bonds is 10. The SMILES string of the molecule is Br.COc1ccc2c3c1O[C@H]1C[C@@H]([O-])C=C[C@@]31CC[N+](CCCCCCCCN1C(=O)c3ccccc3C1=O)=C2. The maximum atomic E-state index is 12.5. The summed E-state index contributed by atoms with van der Waals surface area (Å²) in [4.78, 5) is 26.4. The minimum Gasteiger partial charge on any atom is -0.849 e. The van der Waals surface area contributed by atoms with E-state index in [4.69, 9.17) is 9.47 Å². The standard InChI is InChI=1S/C32H36N2O5.BrH/c1-38-26-13-12-22-21-33(19-16-32-15-14-23(35)20-27(32)39-29(26)28(22)32)17-8-4-2-3-5-9-18-34-30(36)24-10-6-7-11-25(24)31(34)37;/h6-7,10-15,21,23,27H,2-5,8-9,16-20H2,1H3;1H/t23-,27-,32-;/m0./s1. The van der Waals surface area contributed by atoms with Gasteiger partial charge in [-0.05, 0) is 43.5 Å². The van der Waals surface area contributed by atoms with Crippen molar-refractivity contribution in [3.8, 4) is 11.5 Å². The summed E-state index contributed by atoms with van der Waals surface area (Å²) in [6, 6.07) is 11.2. The Labute approximate surface area is 246 Å². The molecule has 3 atom stereocenters. The fourth-order valence-electron chi connectivity index (χ4n) is 6.74. The largest absolute Gasteiger partial charge is 0.849 e. The molecule has 4 aliphatic rings. The van der Waals surface area contributed by atoms with Gasteiger partial charge < -0.3 is 14.6 Å². The van der Waals surface area contributed by atoms with Crippen LogP contribution in [0, 0.1) is 0 Å². The summed E-state index contributed by atoms with van der Waals surface area (Å²) in [5, 5.41) is 12.3. The number of halogens is 1. The van der Waals surface area contributed by atoms with Gasteiger partial charge in [0, 0.05) is 30.5 Å². The van der Waals surface area contributed by atoms with Gasteiger partial charge in [0.25, 0.3) is 11.8 Å². The second-order valence-corrected chi connectivity index (χ2v) is 11.2. The smallest absolute Gasteiger partial charge is 0.261 e. The number of imide groups is 1. The van der Waals surface area contributed by atoms with Crippen LogP contribution in [0.3, 0.4) is 0 Å². The highest BCUT2D eigenvalue weighted by molar-refractivity contribution is 8.93. The van der Waals surface area contributed by atoms with Crippen molar-refractivity contribution in [1.29, 1.82) is 0 Å². The third-order valence-electron chi connectivity index (χ3n) is 8.82. The Morgan fingerprint density at radius 2 is 1.73 bits per heavy atom. The van der Waals surface area contributed by atoms with Crippen molar-refractivity contribution < 1.29 is 28.7 Å². The van der Waals surface area contributed by atoms with Crippen molar-refractivity contribution >= 4 is 35.0 Å². The number of hydrogen-bond donors (Lipinski definition) is 0. The fourth-order valence-corrected chi connectivity index (χ4v) is 6.74. The van der Waals surface area contributed by atoms with Crippen LogP contribution in [0.5, 0.6) is 11.5 Å². The van der Waals surface area contributed by atoms with E-state index in [0.29, 0.717) is 24.1 Å². The van der Waals surface area contributed by atoms with Crippen molar-refractivity contribution in [3.63, 3.8) is 0 Å². The van der Waals surface area contributed by atoms with Crippen LogP contribution in [0.1, 0.15) is 83.2 Å². The molecule has 0 unspecified atom stereocenters. The summed E-state index contributed by atoms with van der Waals surface area (Å²) in [6.07, 6.45) is 13.1. The minimum atomic E-state index is -0.722. The van der Waals surface area contributed by atoms with Crippen molar-refractivity contribution in [2.24, 2.45) is 0 Å². The van der Waals surface area contributed by atoms with E-state index < -0.39 is 6.10 Å². The topological polar surface area (TPSA) is 81.9 Å². The zero-order valence-electron chi connectivity index (χ0n) is 23.0. The van der Waals surface area contributed by atoms with Gasteiger partial charge in [-0.15, -0.1) is 29.2 Å². The molecule has 0 saturated heterocycles. The number of methoxy groups -OCH3 is 1. The van der Waals surface area contributed by atoms with Gasteiger partial charge in [-0.25, -0.2) is 4.58 Å². The number of amides is 2. The molecule has 8 heteroatoms. The number of carbonyl (C=O) groups is 2. The predicted octanol–water partition coefficient (Wildman–Crippen LogP) is 4.43.